The first kappa shape index (κ1) is 15.8. The Bertz CT molecular complexity index is 429. The molecule has 1 N–H and O–H groups in total. The third-order valence-corrected chi connectivity index (χ3v) is 2.55. The van der Waals surface area contributed by atoms with Crippen molar-refractivity contribution >= 4 is 29.6 Å². The van der Waals surface area contributed by atoms with E-state index in [1.54, 1.807) is 0 Å². The molecule has 0 saturated carbocycles. The monoisotopic (exact) mass is 284 g/mol. The minimum atomic E-state index is -0.694. The molecule has 0 aromatic heterocycles. The number of hydrogen-bond donors (Lipinski definition) is 1. The van der Waals surface area contributed by atoms with Gasteiger partial charge in [-0.05, 0) is 12.8 Å². The molecule has 4 amide bonds. The molecule has 8 heteroatoms. The predicted octanol–water partition coefficient (Wildman–Crippen LogP) is -0.183. The third kappa shape index (κ3) is 5.17. The molecule has 0 atom stereocenters. The van der Waals surface area contributed by atoms with Crippen molar-refractivity contribution in [3.05, 3.63) is 0 Å². The predicted molar refractivity (Wildman–Crippen MR) is 64.5 cm³/mol. The van der Waals surface area contributed by atoms with E-state index in [1.165, 1.54) is 6.92 Å². The first-order valence-corrected chi connectivity index (χ1v) is 6.27. The lowest BCUT2D eigenvalue weighted by Crippen LogP contribution is -2.32. The molecule has 0 aromatic rings. The molecule has 0 aromatic carbocycles. The summed E-state index contributed by atoms with van der Waals surface area (Å²) in [6.07, 6.45) is 0.976. The standard InChI is InChI=1S/C12H16N2O6/c1-8(15)13-9(16)4-2-3-5-12(19)20-14-10(17)6-7-11(14)18/h2-7H2,1H3,(H,13,15,16). The van der Waals surface area contributed by atoms with Gasteiger partial charge in [0.05, 0.1) is 0 Å². The summed E-state index contributed by atoms with van der Waals surface area (Å²) in [6, 6.07) is 0. The SMILES string of the molecule is CC(=O)NC(=O)CCCCC(=O)ON1C(=O)CCC1=O. The maximum Gasteiger partial charge on any atom is 0.333 e. The Morgan fingerprint density at radius 3 is 2.20 bits per heavy atom. The largest absolute Gasteiger partial charge is 0.333 e. The van der Waals surface area contributed by atoms with Crippen LogP contribution in [0.5, 0.6) is 0 Å². The van der Waals surface area contributed by atoms with Gasteiger partial charge >= 0.3 is 5.97 Å². The number of carbonyl (C=O) groups excluding carboxylic acids is 5. The van der Waals surface area contributed by atoms with Crippen LogP contribution < -0.4 is 5.32 Å². The number of rotatable bonds is 6. The lowest BCUT2D eigenvalue weighted by Gasteiger charge is -2.12. The summed E-state index contributed by atoms with van der Waals surface area (Å²) in [5.41, 5.74) is 0. The molecule has 1 aliphatic heterocycles. The molecule has 1 rings (SSSR count). The highest BCUT2D eigenvalue weighted by molar-refractivity contribution is 6.01. The molecular weight excluding hydrogens is 268 g/mol. The first-order chi connectivity index (χ1) is 9.40. The fourth-order valence-electron chi connectivity index (χ4n) is 1.62. The van der Waals surface area contributed by atoms with Crippen LogP contribution in [-0.2, 0) is 28.8 Å². The van der Waals surface area contributed by atoms with E-state index in [0.717, 1.165) is 0 Å². The number of nitrogens with one attached hydrogen (secondary N) is 1. The Labute approximate surface area is 115 Å². The van der Waals surface area contributed by atoms with Crippen LogP contribution in [0.15, 0.2) is 0 Å². The number of imide groups is 2. The molecular formula is C12H16N2O6. The molecule has 0 radical (unpaired) electrons. The van der Waals surface area contributed by atoms with Gasteiger partial charge in [-0.1, -0.05) is 0 Å². The van der Waals surface area contributed by atoms with E-state index < -0.39 is 29.6 Å². The molecule has 0 bridgehead atoms. The van der Waals surface area contributed by atoms with Crippen molar-refractivity contribution in [2.24, 2.45) is 0 Å². The van der Waals surface area contributed by atoms with Crippen LogP contribution >= 0.6 is 0 Å². The van der Waals surface area contributed by atoms with Gasteiger partial charge < -0.3 is 4.84 Å². The highest BCUT2D eigenvalue weighted by atomic mass is 16.7. The molecule has 0 unspecified atom stereocenters. The van der Waals surface area contributed by atoms with Crippen LogP contribution in [0, 0.1) is 0 Å². The second-order valence-corrected chi connectivity index (χ2v) is 4.36. The van der Waals surface area contributed by atoms with Crippen LogP contribution in [0.4, 0.5) is 0 Å². The summed E-state index contributed by atoms with van der Waals surface area (Å²) in [6.45, 7) is 1.24. The Balaban J connectivity index is 2.17. The summed E-state index contributed by atoms with van der Waals surface area (Å²) < 4.78 is 0. The van der Waals surface area contributed by atoms with E-state index in [0.29, 0.717) is 17.9 Å². The Morgan fingerprint density at radius 1 is 1.10 bits per heavy atom. The van der Waals surface area contributed by atoms with Crippen molar-refractivity contribution in [3.63, 3.8) is 0 Å². The van der Waals surface area contributed by atoms with Crippen molar-refractivity contribution in [2.75, 3.05) is 0 Å². The summed E-state index contributed by atoms with van der Waals surface area (Å²) in [5.74, 6) is -2.58. The van der Waals surface area contributed by atoms with Crippen molar-refractivity contribution in [3.8, 4) is 0 Å². The van der Waals surface area contributed by atoms with E-state index in [9.17, 15) is 24.0 Å². The normalized spacial score (nSPS) is 14.3. The summed E-state index contributed by atoms with van der Waals surface area (Å²) in [5, 5.41) is 2.60. The molecule has 8 nitrogen and oxygen atoms in total. The maximum atomic E-state index is 11.4. The number of unbranched alkanes of at least 4 members (excludes halogenated alkanes) is 1. The zero-order valence-corrected chi connectivity index (χ0v) is 11.1. The molecule has 1 saturated heterocycles. The minimum Gasteiger partial charge on any atom is -0.330 e. The van der Waals surface area contributed by atoms with E-state index in [4.69, 9.17) is 0 Å². The van der Waals surface area contributed by atoms with Crippen LogP contribution in [0.1, 0.15) is 45.4 Å². The minimum absolute atomic E-state index is 0.00951. The van der Waals surface area contributed by atoms with Crippen molar-refractivity contribution in [1.82, 2.24) is 10.4 Å². The van der Waals surface area contributed by atoms with Crippen molar-refractivity contribution in [2.45, 2.75) is 45.4 Å². The molecule has 0 aliphatic carbocycles. The van der Waals surface area contributed by atoms with Crippen molar-refractivity contribution in [1.29, 1.82) is 0 Å². The fourth-order valence-corrected chi connectivity index (χ4v) is 1.62. The van der Waals surface area contributed by atoms with E-state index >= 15 is 0 Å². The van der Waals surface area contributed by atoms with Gasteiger partial charge in [-0.25, -0.2) is 4.79 Å². The Hall–Kier alpha value is -2.25. The topological polar surface area (TPSA) is 110 Å². The second kappa shape index (κ2) is 7.37. The quantitative estimate of drug-likeness (QED) is 0.535. The van der Waals surface area contributed by atoms with Crippen LogP contribution in [0.3, 0.4) is 0 Å². The smallest absolute Gasteiger partial charge is 0.330 e. The van der Waals surface area contributed by atoms with Crippen LogP contribution in [0.2, 0.25) is 0 Å². The highest BCUT2D eigenvalue weighted by Crippen LogP contribution is 2.13. The lowest BCUT2D eigenvalue weighted by molar-refractivity contribution is -0.197. The van der Waals surface area contributed by atoms with E-state index in [-0.39, 0.29) is 25.7 Å². The van der Waals surface area contributed by atoms with Gasteiger partial charge in [0.15, 0.2) is 0 Å². The van der Waals surface area contributed by atoms with E-state index in [2.05, 4.69) is 10.2 Å². The Kier molecular flexibility index (Phi) is 5.82. The highest BCUT2D eigenvalue weighted by Gasteiger charge is 2.32. The number of amides is 4. The van der Waals surface area contributed by atoms with Gasteiger partial charge in [0.2, 0.25) is 11.8 Å². The number of carbonyl (C=O) groups is 5. The van der Waals surface area contributed by atoms with Gasteiger partial charge in [-0.3, -0.25) is 24.5 Å². The molecule has 0 spiro atoms. The zero-order valence-electron chi connectivity index (χ0n) is 11.1. The molecule has 1 heterocycles. The summed E-state index contributed by atoms with van der Waals surface area (Å²) in [7, 11) is 0. The van der Waals surface area contributed by atoms with Gasteiger partial charge in [0, 0.05) is 32.6 Å². The lowest BCUT2D eigenvalue weighted by atomic mass is 10.2. The average Bonchev–Trinajstić information content (AvgIpc) is 2.65. The maximum absolute atomic E-state index is 11.4. The number of nitrogens with zero attached hydrogens (tertiary/aromatic N) is 1. The average molecular weight is 284 g/mol. The van der Waals surface area contributed by atoms with Gasteiger partial charge in [-0.15, -0.1) is 5.06 Å². The second-order valence-electron chi connectivity index (χ2n) is 4.36. The Morgan fingerprint density at radius 2 is 1.65 bits per heavy atom. The summed E-state index contributed by atoms with van der Waals surface area (Å²) in [4.78, 5) is 60.1. The zero-order chi connectivity index (χ0) is 15.1. The van der Waals surface area contributed by atoms with Gasteiger partial charge in [0.25, 0.3) is 11.8 Å². The number of hydroxylamine groups is 2. The molecule has 20 heavy (non-hydrogen) atoms. The number of hydrogen-bond acceptors (Lipinski definition) is 6. The summed E-state index contributed by atoms with van der Waals surface area (Å²) >= 11 is 0. The molecule has 1 aliphatic rings. The van der Waals surface area contributed by atoms with E-state index in [1.807, 2.05) is 0 Å². The van der Waals surface area contributed by atoms with Crippen LogP contribution in [0.25, 0.3) is 0 Å². The third-order valence-electron chi connectivity index (χ3n) is 2.55. The van der Waals surface area contributed by atoms with Crippen molar-refractivity contribution < 1.29 is 28.8 Å². The van der Waals surface area contributed by atoms with Crippen LogP contribution in [-0.4, -0.2) is 34.7 Å². The fraction of sp³-hybridized carbons (Fsp3) is 0.583. The molecule has 1 fully saturated rings. The van der Waals surface area contributed by atoms with Gasteiger partial charge in [-0.2, -0.15) is 0 Å². The first-order valence-electron chi connectivity index (χ1n) is 6.27. The van der Waals surface area contributed by atoms with Gasteiger partial charge in [0.1, 0.15) is 0 Å². The molecule has 110 valence electrons.